The summed E-state index contributed by atoms with van der Waals surface area (Å²) < 4.78 is 0. The first kappa shape index (κ1) is 19.0. The third-order valence-electron chi connectivity index (χ3n) is 0.303. The summed E-state index contributed by atoms with van der Waals surface area (Å²) in [6, 6.07) is 0. The van der Waals surface area contributed by atoms with E-state index in [1.807, 2.05) is 0 Å². The number of carboxylic acids is 1. The van der Waals surface area contributed by atoms with E-state index in [1.54, 1.807) is 0 Å². The van der Waals surface area contributed by atoms with Crippen molar-refractivity contribution in [3.63, 3.8) is 0 Å². The van der Waals surface area contributed by atoms with Crippen LogP contribution in [0.4, 0.5) is 0 Å². The van der Waals surface area contributed by atoms with Gasteiger partial charge >= 0.3 is 41.5 Å². The molecule has 0 N–H and O–H groups in total. The Morgan fingerprint density at radius 2 is 1.14 bits per heavy atom. The van der Waals surface area contributed by atoms with Gasteiger partial charge in [0.25, 0.3) is 0 Å². The van der Waals surface area contributed by atoms with E-state index in [-0.39, 0.29) is 29.6 Å². The van der Waals surface area contributed by atoms with Gasteiger partial charge in [-0.2, -0.15) is 0 Å². The third kappa shape index (κ3) is 42.4. The molecule has 0 fully saturated rings. The minimum absolute atomic E-state index is 0. The second kappa shape index (κ2) is 12.4. The SMILES string of the molecule is CC(=O)OOOC(C)=O.CC(=O)[O-].[Na+]. The molecule has 0 atom stereocenters. The maximum Gasteiger partial charge on any atom is 1.00 e. The van der Waals surface area contributed by atoms with E-state index in [0.29, 0.717) is 0 Å². The van der Waals surface area contributed by atoms with Gasteiger partial charge in [0.1, 0.15) is 0 Å². The first-order chi connectivity index (χ1) is 5.86. The fraction of sp³-hybridized carbons (Fsp3) is 0.500. The number of hydrogen-bond donors (Lipinski definition) is 0. The van der Waals surface area contributed by atoms with Gasteiger partial charge in [0.05, 0.1) is 0 Å². The van der Waals surface area contributed by atoms with Crippen molar-refractivity contribution in [2.24, 2.45) is 0 Å². The molecule has 0 saturated carbocycles. The average Bonchev–Trinajstić information content (AvgIpc) is 1.83. The topological polar surface area (TPSA) is 102 Å². The van der Waals surface area contributed by atoms with E-state index in [4.69, 9.17) is 9.90 Å². The maximum atomic E-state index is 9.89. The van der Waals surface area contributed by atoms with Crippen molar-refractivity contribution in [1.29, 1.82) is 0 Å². The number of hydrogen-bond acceptors (Lipinski definition) is 7. The molecular formula is C6H9NaO7. The van der Waals surface area contributed by atoms with E-state index >= 15 is 0 Å². The summed E-state index contributed by atoms with van der Waals surface area (Å²) in [5.41, 5.74) is 0. The van der Waals surface area contributed by atoms with Gasteiger partial charge in [0.2, 0.25) is 0 Å². The van der Waals surface area contributed by atoms with Crippen LogP contribution in [-0.4, -0.2) is 17.9 Å². The predicted molar refractivity (Wildman–Crippen MR) is 35.3 cm³/mol. The van der Waals surface area contributed by atoms with Crippen LogP contribution in [0.25, 0.3) is 0 Å². The van der Waals surface area contributed by atoms with Gasteiger partial charge < -0.3 is 9.90 Å². The summed E-state index contributed by atoms with van der Waals surface area (Å²) in [4.78, 5) is 36.2. The summed E-state index contributed by atoms with van der Waals surface area (Å²) in [5, 5.41) is 12.5. The molecule has 76 valence electrons. The Morgan fingerprint density at radius 3 is 1.29 bits per heavy atom. The Hall–Kier alpha value is -0.630. The molecule has 0 aliphatic carbocycles. The van der Waals surface area contributed by atoms with Crippen LogP contribution in [0, 0.1) is 0 Å². The van der Waals surface area contributed by atoms with Crippen molar-refractivity contribution < 1.29 is 63.9 Å². The molecule has 14 heavy (non-hydrogen) atoms. The molecule has 0 aromatic rings. The molecule has 7 nitrogen and oxygen atoms in total. The van der Waals surface area contributed by atoms with Gasteiger partial charge in [-0.15, -0.1) is 0 Å². The minimum atomic E-state index is -1.08. The molecule has 0 saturated heterocycles. The Labute approximate surface area is 102 Å². The van der Waals surface area contributed by atoms with Gasteiger partial charge in [0.15, 0.2) is 0 Å². The quantitative estimate of drug-likeness (QED) is 0.261. The number of carbonyl (C=O) groups is 3. The van der Waals surface area contributed by atoms with Crippen LogP contribution in [-0.2, 0) is 29.2 Å². The number of aliphatic carboxylic acids is 1. The number of carboxylic acid groups (broad SMARTS) is 1. The van der Waals surface area contributed by atoms with Crippen LogP contribution < -0.4 is 34.7 Å². The van der Waals surface area contributed by atoms with E-state index < -0.39 is 17.9 Å². The Bertz CT molecular complexity index is 173. The molecule has 0 bridgehead atoms. The van der Waals surface area contributed by atoms with Gasteiger partial charge in [-0.1, -0.05) is 0 Å². The molecular weight excluding hydrogens is 207 g/mol. The van der Waals surface area contributed by atoms with Gasteiger partial charge in [-0.05, 0) is 6.92 Å². The van der Waals surface area contributed by atoms with Gasteiger partial charge in [-0.25, -0.2) is 9.59 Å². The largest absolute Gasteiger partial charge is 1.00 e. The molecule has 0 aromatic carbocycles. The number of carbonyl (C=O) groups excluding carboxylic acids is 3. The van der Waals surface area contributed by atoms with Crippen molar-refractivity contribution in [3.8, 4) is 0 Å². The summed E-state index contributed by atoms with van der Waals surface area (Å²) in [6.45, 7) is 3.20. The Morgan fingerprint density at radius 1 is 0.929 bits per heavy atom. The fourth-order valence-corrected chi connectivity index (χ4v) is 0.113. The second-order valence-electron chi connectivity index (χ2n) is 1.71. The Balaban J connectivity index is -0.000000209. The molecule has 0 amide bonds. The van der Waals surface area contributed by atoms with Crippen molar-refractivity contribution >= 4 is 17.9 Å². The minimum Gasteiger partial charge on any atom is -0.550 e. The molecule has 0 radical (unpaired) electrons. The zero-order valence-corrected chi connectivity index (χ0v) is 10.4. The second-order valence-corrected chi connectivity index (χ2v) is 1.71. The normalized spacial score (nSPS) is 7.07. The fourth-order valence-electron chi connectivity index (χ4n) is 0.113. The maximum absolute atomic E-state index is 9.89. The summed E-state index contributed by atoms with van der Waals surface area (Å²) in [6.07, 6.45) is 0. The van der Waals surface area contributed by atoms with E-state index in [0.717, 1.165) is 20.8 Å². The van der Waals surface area contributed by atoms with Crippen molar-refractivity contribution in [1.82, 2.24) is 0 Å². The zero-order chi connectivity index (χ0) is 10.9. The van der Waals surface area contributed by atoms with Gasteiger partial charge in [0, 0.05) is 24.9 Å². The molecule has 8 heteroatoms. The van der Waals surface area contributed by atoms with Crippen molar-refractivity contribution in [2.45, 2.75) is 20.8 Å². The molecule has 0 rings (SSSR count). The van der Waals surface area contributed by atoms with Crippen LogP contribution >= 0.6 is 0 Å². The van der Waals surface area contributed by atoms with Gasteiger partial charge in [-0.3, -0.25) is 9.78 Å². The van der Waals surface area contributed by atoms with Crippen LogP contribution in [0.3, 0.4) is 0 Å². The monoisotopic (exact) mass is 216 g/mol. The molecule has 0 aromatic heterocycles. The van der Waals surface area contributed by atoms with E-state index in [9.17, 15) is 9.59 Å². The van der Waals surface area contributed by atoms with E-state index in [2.05, 4.69) is 14.8 Å². The first-order valence-electron chi connectivity index (χ1n) is 3.06. The van der Waals surface area contributed by atoms with Crippen molar-refractivity contribution in [3.05, 3.63) is 0 Å². The first-order valence-corrected chi connectivity index (χ1v) is 3.06. The summed E-state index contributed by atoms with van der Waals surface area (Å²) >= 11 is 0. The standard InChI is InChI=1S/C4H6O5.C2H4O2.Na/c1-3(5)7-9-8-4(2)6;1-2(3)4;/h1-2H3;1H3,(H,3,4);/q;;+1/p-1. The zero-order valence-electron chi connectivity index (χ0n) is 8.36. The van der Waals surface area contributed by atoms with Crippen LogP contribution in [0.15, 0.2) is 0 Å². The van der Waals surface area contributed by atoms with Crippen LogP contribution in [0.5, 0.6) is 0 Å². The Kier molecular flexibility index (Phi) is 16.8. The molecule has 0 spiro atoms. The molecule has 0 aliphatic heterocycles. The molecule has 0 heterocycles. The molecule has 0 unspecified atom stereocenters. The third-order valence-corrected chi connectivity index (χ3v) is 0.303. The van der Waals surface area contributed by atoms with E-state index in [1.165, 1.54) is 0 Å². The van der Waals surface area contributed by atoms with Crippen LogP contribution in [0.2, 0.25) is 0 Å². The van der Waals surface area contributed by atoms with Crippen LogP contribution in [0.1, 0.15) is 20.8 Å². The smallest absolute Gasteiger partial charge is 0.550 e. The predicted octanol–water partition coefficient (Wildman–Crippen LogP) is -4.28. The average molecular weight is 216 g/mol. The van der Waals surface area contributed by atoms with Crippen molar-refractivity contribution in [2.75, 3.05) is 0 Å². The number of rotatable bonds is 2. The summed E-state index contributed by atoms with van der Waals surface area (Å²) in [7, 11) is 0. The summed E-state index contributed by atoms with van der Waals surface area (Å²) in [5.74, 6) is -2.45. The molecule has 0 aliphatic rings.